The van der Waals surface area contributed by atoms with Crippen molar-refractivity contribution in [3.8, 4) is 5.88 Å². The van der Waals surface area contributed by atoms with E-state index in [4.69, 9.17) is 4.74 Å². The Morgan fingerprint density at radius 1 is 1.06 bits per heavy atom. The van der Waals surface area contributed by atoms with E-state index in [0.717, 1.165) is 0 Å². The zero-order valence-corrected chi connectivity index (χ0v) is 16.6. The highest BCUT2D eigenvalue weighted by Gasteiger charge is 2.36. The van der Waals surface area contributed by atoms with Crippen LogP contribution in [0.15, 0.2) is 36.7 Å². The minimum Gasteiger partial charge on any atom is -0.481 e. The molecule has 2 heterocycles. The summed E-state index contributed by atoms with van der Waals surface area (Å²) < 4.78 is 45.5. The number of halogens is 3. The van der Waals surface area contributed by atoms with Gasteiger partial charge in [0.2, 0.25) is 11.8 Å². The summed E-state index contributed by atoms with van der Waals surface area (Å²) in [5.74, 6) is -0.495. The van der Waals surface area contributed by atoms with E-state index in [1.807, 2.05) is 0 Å². The van der Waals surface area contributed by atoms with Crippen LogP contribution < -0.4 is 15.4 Å². The lowest BCUT2D eigenvalue weighted by atomic mass is 10.2. The number of alkyl halides is 3. The molecule has 3 rings (SSSR count). The highest BCUT2D eigenvalue weighted by molar-refractivity contribution is 5.71. The molecule has 1 aromatic carbocycles. The molecular weight excluding hydrogens is 417 g/mol. The molecule has 0 aliphatic carbocycles. The molecule has 31 heavy (non-hydrogen) atoms. The molecule has 0 saturated carbocycles. The smallest absolute Gasteiger partial charge is 0.421 e. The van der Waals surface area contributed by atoms with E-state index in [1.165, 1.54) is 37.6 Å². The maximum absolute atomic E-state index is 13.5. The van der Waals surface area contributed by atoms with E-state index in [9.17, 15) is 23.3 Å². The topological polar surface area (TPSA) is 115 Å². The Morgan fingerprint density at radius 2 is 1.81 bits per heavy atom. The van der Waals surface area contributed by atoms with Crippen molar-refractivity contribution in [2.75, 3.05) is 17.7 Å². The Labute approximate surface area is 174 Å². The first-order valence-corrected chi connectivity index (χ1v) is 8.82. The fraction of sp³-hybridized carbons (Fsp3) is 0.211. The number of hydrogen-bond donors (Lipinski definition) is 2. The van der Waals surface area contributed by atoms with Crippen molar-refractivity contribution < 1.29 is 22.8 Å². The SMILES string of the molecule is COc1cc(Nc2ncc(C(F)(F)F)c(Nc3ccc(C)cc3[N+](=O)[O-])n2)c(C)cn1. The maximum atomic E-state index is 13.5. The minimum atomic E-state index is -4.78. The Morgan fingerprint density at radius 3 is 2.45 bits per heavy atom. The Bertz CT molecular complexity index is 1140. The molecule has 0 fully saturated rings. The fourth-order valence-corrected chi connectivity index (χ4v) is 2.64. The van der Waals surface area contributed by atoms with Crippen LogP contribution in [0, 0.1) is 24.0 Å². The van der Waals surface area contributed by atoms with Crippen LogP contribution in [0.25, 0.3) is 0 Å². The van der Waals surface area contributed by atoms with Gasteiger partial charge in [-0.3, -0.25) is 10.1 Å². The number of nitrogens with one attached hydrogen (secondary N) is 2. The number of ether oxygens (including phenoxy) is 1. The van der Waals surface area contributed by atoms with Crippen LogP contribution in [0.2, 0.25) is 0 Å². The number of hydrogen-bond acceptors (Lipinski definition) is 8. The van der Waals surface area contributed by atoms with E-state index in [2.05, 4.69) is 25.6 Å². The van der Waals surface area contributed by atoms with Crippen LogP contribution in [0.4, 0.5) is 42.0 Å². The quantitative estimate of drug-likeness (QED) is 0.415. The number of pyridine rings is 1. The number of anilines is 4. The van der Waals surface area contributed by atoms with Crippen molar-refractivity contribution >= 4 is 28.8 Å². The number of nitro groups is 1. The number of aryl methyl sites for hydroxylation is 2. The van der Waals surface area contributed by atoms with Gasteiger partial charge in [0.15, 0.2) is 0 Å². The molecule has 0 radical (unpaired) electrons. The van der Waals surface area contributed by atoms with Gasteiger partial charge >= 0.3 is 6.18 Å². The summed E-state index contributed by atoms with van der Waals surface area (Å²) in [6.45, 7) is 3.36. The molecule has 12 heteroatoms. The van der Waals surface area contributed by atoms with Crippen LogP contribution in [-0.2, 0) is 6.18 Å². The average molecular weight is 434 g/mol. The molecule has 9 nitrogen and oxygen atoms in total. The number of methoxy groups -OCH3 is 1. The van der Waals surface area contributed by atoms with E-state index >= 15 is 0 Å². The first kappa shape index (κ1) is 21.7. The van der Waals surface area contributed by atoms with Gasteiger partial charge in [0.25, 0.3) is 5.69 Å². The van der Waals surface area contributed by atoms with Crippen LogP contribution in [0.1, 0.15) is 16.7 Å². The predicted molar refractivity (Wildman–Crippen MR) is 107 cm³/mol. The van der Waals surface area contributed by atoms with E-state index in [1.54, 1.807) is 13.8 Å². The molecule has 0 aliphatic heterocycles. The lowest BCUT2D eigenvalue weighted by Crippen LogP contribution is -2.13. The molecule has 0 atom stereocenters. The normalized spacial score (nSPS) is 11.2. The molecule has 0 aliphatic rings. The number of benzene rings is 1. The van der Waals surface area contributed by atoms with Crippen molar-refractivity contribution in [3.05, 3.63) is 63.5 Å². The first-order chi connectivity index (χ1) is 14.6. The first-order valence-electron chi connectivity index (χ1n) is 8.82. The third-order valence-electron chi connectivity index (χ3n) is 4.23. The van der Waals surface area contributed by atoms with E-state index < -0.39 is 22.5 Å². The standard InChI is InChI=1S/C19H17F3N6O3/c1-10-4-5-13(15(6-10)28(29)30)25-17-12(19(20,21)22)9-24-18(27-17)26-14-7-16(31-3)23-8-11(14)2/h4-9H,1-3H3,(H2,23,24,25,26,27). The molecule has 0 amide bonds. The molecule has 162 valence electrons. The van der Waals surface area contributed by atoms with Crippen LogP contribution in [0.3, 0.4) is 0 Å². The lowest BCUT2D eigenvalue weighted by Gasteiger charge is -2.16. The third kappa shape index (κ3) is 4.97. The van der Waals surface area contributed by atoms with Crippen molar-refractivity contribution in [1.82, 2.24) is 15.0 Å². The second-order valence-corrected chi connectivity index (χ2v) is 6.52. The van der Waals surface area contributed by atoms with Crippen LogP contribution >= 0.6 is 0 Å². The number of nitro benzene ring substituents is 1. The Balaban J connectivity index is 2.04. The third-order valence-corrected chi connectivity index (χ3v) is 4.23. The van der Waals surface area contributed by atoms with Crippen molar-refractivity contribution in [2.45, 2.75) is 20.0 Å². The summed E-state index contributed by atoms with van der Waals surface area (Å²) in [4.78, 5) is 22.3. The summed E-state index contributed by atoms with van der Waals surface area (Å²) >= 11 is 0. The fourth-order valence-electron chi connectivity index (χ4n) is 2.64. The zero-order chi connectivity index (χ0) is 22.8. The van der Waals surface area contributed by atoms with Gasteiger partial charge < -0.3 is 15.4 Å². The zero-order valence-electron chi connectivity index (χ0n) is 16.6. The van der Waals surface area contributed by atoms with Gasteiger partial charge in [-0.25, -0.2) is 9.97 Å². The van der Waals surface area contributed by atoms with Gasteiger partial charge in [-0.1, -0.05) is 6.07 Å². The largest absolute Gasteiger partial charge is 0.481 e. The molecule has 0 spiro atoms. The van der Waals surface area contributed by atoms with Crippen LogP contribution in [0.5, 0.6) is 5.88 Å². The summed E-state index contributed by atoms with van der Waals surface area (Å²) in [6, 6.07) is 5.65. The highest BCUT2D eigenvalue weighted by atomic mass is 19.4. The van der Waals surface area contributed by atoms with E-state index in [0.29, 0.717) is 23.0 Å². The van der Waals surface area contributed by atoms with Gasteiger partial charge in [-0.05, 0) is 31.0 Å². The van der Waals surface area contributed by atoms with Gasteiger partial charge in [0.05, 0.1) is 17.7 Å². The van der Waals surface area contributed by atoms with Gasteiger partial charge in [0.1, 0.15) is 17.1 Å². The predicted octanol–water partition coefficient (Wildman–Crippen LogP) is 4.91. The van der Waals surface area contributed by atoms with Crippen molar-refractivity contribution in [2.24, 2.45) is 0 Å². The number of rotatable bonds is 6. The van der Waals surface area contributed by atoms with E-state index in [-0.39, 0.29) is 23.2 Å². The average Bonchev–Trinajstić information content (AvgIpc) is 2.70. The Kier molecular flexibility index (Phi) is 5.90. The number of aromatic nitrogens is 3. The van der Waals surface area contributed by atoms with Crippen molar-refractivity contribution in [3.63, 3.8) is 0 Å². The highest BCUT2D eigenvalue weighted by Crippen LogP contribution is 2.37. The van der Waals surface area contributed by atoms with Gasteiger partial charge in [0, 0.05) is 24.5 Å². The van der Waals surface area contributed by atoms with Crippen molar-refractivity contribution in [1.29, 1.82) is 0 Å². The molecule has 2 aromatic heterocycles. The molecule has 2 N–H and O–H groups in total. The molecule has 3 aromatic rings. The van der Waals surface area contributed by atoms with Gasteiger partial charge in [-0.2, -0.15) is 18.2 Å². The second kappa shape index (κ2) is 8.42. The Hall–Kier alpha value is -3.96. The molecule has 0 bridgehead atoms. The summed E-state index contributed by atoms with van der Waals surface area (Å²) in [5.41, 5.74) is 0.0488. The second-order valence-electron chi connectivity index (χ2n) is 6.52. The summed E-state index contributed by atoms with van der Waals surface area (Å²) in [7, 11) is 1.42. The summed E-state index contributed by atoms with van der Waals surface area (Å²) in [6.07, 6.45) is -2.67. The number of nitrogens with zero attached hydrogens (tertiary/aromatic N) is 4. The van der Waals surface area contributed by atoms with Gasteiger partial charge in [-0.15, -0.1) is 0 Å². The molecular formula is C19H17F3N6O3. The van der Waals surface area contributed by atoms with Crippen LogP contribution in [-0.4, -0.2) is 27.0 Å². The minimum absolute atomic E-state index is 0.132. The maximum Gasteiger partial charge on any atom is 0.421 e. The summed E-state index contributed by atoms with van der Waals surface area (Å²) in [5, 5.41) is 16.6. The molecule has 0 unspecified atom stereocenters. The monoisotopic (exact) mass is 434 g/mol. The lowest BCUT2D eigenvalue weighted by molar-refractivity contribution is -0.384. The molecule has 0 saturated heterocycles.